The largest absolute Gasteiger partial charge is 0.416 e. The third-order valence-corrected chi connectivity index (χ3v) is 4.44. The van der Waals surface area contributed by atoms with E-state index in [0.717, 1.165) is 34.0 Å². The molecule has 0 aliphatic rings. The molecular formula is C22H20F3NO. The van der Waals surface area contributed by atoms with E-state index >= 15 is 0 Å². The van der Waals surface area contributed by atoms with Crippen LogP contribution in [0.1, 0.15) is 35.3 Å². The van der Waals surface area contributed by atoms with Gasteiger partial charge in [-0.2, -0.15) is 13.2 Å². The fourth-order valence-corrected chi connectivity index (χ4v) is 3.07. The van der Waals surface area contributed by atoms with Crippen molar-refractivity contribution in [2.45, 2.75) is 33.0 Å². The van der Waals surface area contributed by atoms with Crippen molar-refractivity contribution in [2.75, 3.05) is 0 Å². The number of halogens is 3. The quantitative estimate of drug-likeness (QED) is 0.604. The fraction of sp³-hybridized carbons (Fsp3) is 0.227. The number of amides is 1. The molecule has 0 aromatic heterocycles. The van der Waals surface area contributed by atoms with Crippen molar-refractivity contribution in [1.82, 2.24) is 5.32 Å². The number of hydrogen-bond donors (Lipinski definition) is 1. The first-order valence-corrected chi connectivity index (χ1v) is 8.68. The summed E-state index contributed by atoms with van der Waals surface area (Å²) in [6.07, 6.45) is -4.35. The number of rotatable bonds is 3. The van der Waals surface area contributed by atoms with Gasteiger partial charge in [-0.15, -0.1) is 0 Å². The van der Waals surface area contributed by atoms with Gasteiger partial charge in [0.2, 0.25) is 0 Å². The number of carbonyl (C=O) groups excluding carboxylic acids is 1. The normalized spacial score (nSPS) is 11.8. The lowest BCUT2D eigenvalue weighted by molar-refractivity contribution is -0.137. The Balaban J connectivity index is 2.07. The van der Waals surface area contributed by atoms with Crippen LogP contribution < -0.4 is 5.32 Å². The van der Waals surface area contributed by atoms with E-state index in [0.29, 0.717) is 11.1 Å². The van der Waals surface area contributed by atoms with Crippen molar-refractivity contribution in [2.24, 2.45) is 0 Å². The standard InChI is InChI=1S/C22H20F3NO/c1-13(2)26-21(27)16-7-11-19-18(10-4-14(3)20(19)12-16)15-5-8-17(9-6-15)22(23,24)25/h4-13H,1-3H3,(H,26,27). The average molecular weight is 371 g/mol. The number of aryl methyl sites for hydroxylation is 1. The molecule has 3 aromatic rings. The SMILES string of the molecule is Cc1ccc(-c2ccc(C(F)(F)F)cc2)c2ccc(C(=O)NC(C)C)cc12. The van der Waals surface area contributed by atoms with Crippen molar-refractivity contribution in [3.63, 3.8) is 0 Å². The third kappa shape index (κ3) is 3.97. The van der Waals surface area contributed by atoms with Gasteiger partial charge >= 0.3 is 6.18 Å². The Hall–Kier alpha value is -2.82. The van der Waals surface area contributed by atoms with E-state index in [1.807, 2.05) is 45.0 Å². The Labute approximate surface area is 156 Å². The van der Waals surface area contributed by atoms with Gasteiger partial charge in [-0.3, -0.25) is 4.79 Å². The predicted octanol–water partition coefficient (Wildman–Crippen LogP) is 5.97. The van der Waals surface area contributed by atoms with Gasteiger partial charge in [0.05, 0.1) is 5.56 Å². The highest BCUT2D eigenvalue weighted by atomic mass is 19.4. The van der Waals surface area contributed by atoms with Crippen molar-refractivity contribution >= 4 is 16.7 Å². The van der Waals surface area contributed by atoms with Gasteiger partial charge in [0.25, 0.3) is 5.91 Å². The van der Waals surface area contributed by atoms with Crippen LogP contribution in [0.4, 0.5) is 13.2 Å². The molecule has 0 saturated carbocycles. The van der Waals surface area contributed by atoms with Gasteiger partial charge in [-0.05, 0) is 72.5 Å². The number of fused-ring (bicyclic) bond motifs is 1. The first kappa shape index (κ1) is 19.0. The van der Waals surface area contributed by atoms with E-state index in [4.69, 9.17) is 0 Å². The maximum atomic E-state index is 12.8. The lowest BCUT2D eigenvalue weighted by Gasteiger charge is -2.13. The topological polar surface area (TPSA) is 29.1 Å². The summed E-state index contributed by atoms with van der Waals surface area (Å²) in [5, 5.41) is 4.67. The Bertz CT molecular complexity index is 989. The molecule has 0 atom stereocenters. The van der Waals surface area contributed by atoms with E-state index in [9.17, 15) is 18.0 Å². The molecule has 1 amide bonds. The molecule has 3 rings (SSSR count). The van der Waals surface area contributed by atoms with Gasteiger partial charge in [-0.25, -0.2) is 0 Å². The molecule has 5 heteroatoms. The smallest absolute Gasteiger partial charge is 0.350 e. The van der Waals surface area contributed by atoms with Crippen LogP contribution in [0, 0.1) is 6.92 Å². The number of hydrogen-bond acceptors (Lipinski definition) is 1. The summed E-state index contributed by atoms with van der Waals surface area (Å²) in [7, 11) is 0. The maximum Gasteiger partial charge on any atom is 0.416 e. The number of nitrogens with one attached hydrogen (secondary N) is 1. The lowest BCUT2D eigenvalue weighted by Crippen LogP contribution is -2.29. The molecule has 0 aliphatic carbocycles. The second-order valence-corrected chi connectivity index (χ2v) is 6.89. The first-order chi connectivity index (χ1) is 12.7. The van der Waals surface area contributed by atoms with E-state index in [2.05, 4.69) is 5.32 Å². The lowest BCUT2D eigenvalue weighted by atomic mass is 9.93. The molecule has 0 bridgehead atoms. The zero-order valence-corrected chi connectivity index (χ0v) is 15.3. The highest BCUT2D eigenvalue weighted by Gasteiger charge is 2.30. The molecule has 2 nitrogen and oxygen atoms in total. The van der Waals surface area contributed by atoms with E-state index in [1.165, 1.54) is 12.1 Å². The Morgan fingerprint density at radius 3 is 2.19 bits per heavy atom. The summed E-state index contributed by atoms with van der Waals surface area (Å²) >= 11 is 0. The van der Waals surface area contributed by atoms with Crippen LogP contribution >= 0.6 is 0 Å². The van der Waals surface area contributed by atoms with Gasteiger partial charge in [0.1, 0.15) is 0 Å². The third-order valence-electron chi connectivity index (χ3n) is 4.44. The molecule has 0 fully saturated rings. The molecule has 3 aromatic carbocycles. The molecule has 27 heavy (non-hydrogen) atoms. The summed E-state index contributed by atoms with van der Waals surface area (Å²) in [6.45, 7) is 5.74. The van der Waals surface area contributed by atoms with E-state index < -0.39 is 11.7 Å². The van der Waals surface area contributed by atoms with Gasteiger partial charge in [0.15, 0.2) is 0 Å². The molecule has 0 aliphatic heterocycles. The molecular weight excluding hydrogens is 351 g/mol. The van der Waals surface area contributed by atoms with E-state index in [-0.39, 0.29) is 11.9 Å². The molecule has 0 radical (unpaired) electrons. The summed E-state index contributed by atoms with van der Waals surface area (Å²) < 4.78 is 38.4. The summed E-state index contributed by atoms with van der Waals surface area (Å²) in [4.78, 5) is 12.3. The highest BCUT2D eigenvalue weighted by Crippen LogP contribution is 2.34. The Morgan fingerprint density at radius 1 is 0.926 bits per heavy atom. The number of alkyl halides is 3. The van der Waals surface area contributed by atoms with Crippen LogP contribution in [0.3, 0.4) is 0 Å². The highest BCUT2D eigenvalue weighted by molar-refractivity contribution is 6.03. The summed E-state index contributed by atoms with van der Waals surface area (Å²) in [5.74, 6) is -0.147. The molecule has 140 valence electrons. The maximum absolute atomic E-state index is 12.8. The Kier molecular flexibility index (Phi) is 4.96. The molecule has 1 N–H and O–H groups in total. The molecule has 0 unspecified atom stereocenters. The zero-order valence-electron chi connectivity index (χ0n) is 15.3. The van der Waals surface area contributed by atoms with Crippen molar-refractivity contribution < 1.29 is 18.0 Å². The second-order valence-electron chi connectivity index (χ2n) is 6.89. The summed E-state index contributed by atoms with van der Waals surface area (Å²) in [6, 6.07) is 14.4. The van der Waals surface area contributed by atoms with Crippen molar-refractivity contribution in [1.29, 1.82) is 0 Å². The first-order valence-electron chi connectivity index (χ1n) is 8.68. The van der Waals surface area contributed by atoms with Gasteiger partial charge in [-0.1, -0.05) is 30.3 Å². The number of carbonyl (C=O) groups is 1. The van der Waals surface area contributed by atoms with Crippen LogP contribution in [-0.4, -0.2) is 11.9 Å². The molecule has 0 spiro atoms. The van der Waals surface area contributed by atoms with Crippen molar-refractivity contribution in [3.8, 4) is 11.1 Å². The Morgan fingerprint density at radius 2 is 1.59 bits per heavy atom. The van der Waals surface area contributed by atoms with Crippen LogP contribution in [0.2, 0.25) is 0 Å². The fourth-order valence-electron chi connectivity index (χ4n) is 3.07. The number of benzene rings is 3. The van der Waals surface area contributed by atoms with Crippen LogP contribution in [0.5, 0.6) is 0 Å². The minimum Gasteiger partial charge on any atom is -0.350 e. The second kappa shape index (κ2) is 7.06. The molecule has 0 saturated heterocycles. The minimum absolute atomic E-state index is 0.0350. The van der Waals surface area contributed by atoms with Crippen LogP contribution in [0.25, 0.3) is 21.9 Å². The van der Waals surface area contributed by atoms with Crippen molar-refractivity contribution in [3.05, 3.63) is 71.3 Å². The van der Waals surface area contributed by atoms with Gasteiger partial charge in [0, 0.05) is 11.6 Å². The average Bonchev–Trinajstić information content (AvgIpc) is 2.61. The minimum atomic E-state index is -4.35. The summed E-state index contributed by atoms with van der Waals surface area (Å²) in [5.41, 5.74) is 2.42. The monoisotopic (exact) mass is 371 g/mol. The van der Waals surface area contributed by atoms with E-state index in [1.54, 1.807) is 6.07 Å². The predicted molar refractivity (Wildman–Crippen MR) is 102 cm³/mol. The molecule has 0 heterocycles. The van der Waals surface area contributed by atoms with Gasteiger partial charge < -0.3 is 5.32 Å². The van der Waals surface area contributed by atoms with Crippen LogP contribution in [0.15, 0.2) is 54.6 Å². The van der Waals surface area contributed by atoms with Crippen LogP contribution in [-0.2, 0) is 6.18 Å². The zero-order chi connectivity index (χ0) is 19.8.